The van der Waals surface area contributed by atoms with Gasteiger partial charge >= 0.3 is 6.09 Å². The molecule has 0 radical (unpaired) electrons. The number of carbonyl (C=O) groups excluding carboxylic acids is 2. The number of nitrogens with zero attached hydrogens (tertiary/aromatic N) is 2. The van der Waals surface area contributed by atoms with Gasteiger partial charge in [0.05, 0.1) is 12.6 Å². The minimum atomic E-state index is -2.71. The summed E-state index contributed by atoms with van der Waals surface area (Å²) in [4.78, 5) is 30.7. The van der Waals surface area contributed by atoms with Crippen molar-refractivity contribution in [2.75, 3.05) is 6.54 Å². The third kappa shape index (κ3) is 3.68. The van der Waals surface area contributed by atoms with E-state index in [1.54, 1.807) is 31.5 Å². The number of hydrogen-bond acceptors (Lipinski definition) is 4. The standard InChI is InChI=1S/C23H24F2N2O3/c1-15-7-12-26-13-19(15)17-3-5-18(6-4-17)20(28)14-27-16(2)22(30-21(27)29)8-10-23(24,25)11-9-22/h3-7,12-13,16H,8-11,14H2,1-2H3. The van der Waals surface area contributed by atoms with Gasteiger partial charge in [-0.25, -0.2) is 13.6 Å². The van der Waals surface area contributed by atoms with Crippen LogP contribution in [0.5, 0.6) is 0 Å². The number of carbonyl (C=O) groups is 2. The van der Waals surface area contributed by atoms with Crippen molar-refractivity contribution < 1.29 is 23.1 Å². The number of hydrogen-bond donors (Lipinski definition) is 0. The highest BCUT2D eigenvalue weighted by atomic mass is 19.3. The zero-order valence-electron chi connectivity index (χ0n) is 17.0. The molecule has 2 fully saturated rings. The Balaban J connectivity index is 1.46. The lowest BCUT2D eigenvalue weighted by molar-refractivity contribution is -0.0997. The highest BCUT2D eigenvalue weighted by Crippen LogP contribution is 2.46. The Morgan fingerprint density at radius 1 is 1.17 bits per heavy atom. The van der Waals surface area contributed by atoms with Crippen molar-refractivity contribution >= 4 is 11.9 Å². The van der Waals surface area contributed by atoms with Crippen molar-refractivity contribution in [2.45, 2.75) is 57.1 Å². The number of aryl methyl sites for hydroxylation is 1. The maximum absolute atomic E-state index is 13.6. The quantitative estimate of drug-likeness (QED) is 0.659. The lowest BCUT2D eigenvalue weighted by Crippen LogP contribution is -2.48. The lowest BCUT2D eigenvalue weighted by atomic mass is 9.78. The van der Waals surface area contributed by atoms with Crippen LogP contribution in [-0.4, -0.2) is 45.9 Å². The first-order valence-electron chi connectivity index (χ1n) is 10.1. The molecule has 1 aromatic heterocycles. The molecule has 5 nitrogen and oxygen atoms in total. The number of benzene rings is 1. The Morgan fingerprint density at radius 3 is 2.47 bits per heavy atom. The van der Waals surface area contributed by atoms with Crippen LogP contribution in [0.25, 0.3) is 11.1 Å². The Kier molecular flexibility index (Phi) is 5.08. The third-order valence-electron chi connectivity index (χ3n) is 6.45. The van der Waals surface area contributed by atoms with E-state index in [0.717, 1.165) is 16.7 Å². The first-order valence-corrected chi connectivity index (χ1v) is 10.1. The Morgan fingerprint density at radius 2 is 1.83 bits per heavy atom. The second-order valence-electron chi connectivity index (χ2n) is 8.28. The maximum atomic E-state index is 13.6. The molecule has 0 N–H and O–H groups in total. The predicted octanol–water partition coefficient (Wildman–Crippen LogP) is 5.03. The van der Waals surface area contributed by atoms with Crippen molar-refractivity contribution in [1.29, 1.82) is 0 Å². The molecule has 158 valence electrons. The van der Waals surface area contributed by atoms with Crippen molar-refractivity contribution in [3.8, 4) is 11.1 Å². The largest absolute Gasteiger partial charge is 0.441 e. The van der Waals surface area contributed by atoms with E-state index >= 15 is 0 Å². The van der Waals surface area contributed by atoms with Gasteiger partial charge in [0.1, 0.15) is 5.60 Å². The molecular weight excluding hydrogens is 390 g/mol. The lowest BCUT2D eigenvalue weighted by Gasteiger charge is -2.38. The van der Waals surface area contributed by atoms with Crippen molar-refractivity contribution in [3.05, 3.63) is 53.9 Å². The van der Waals surface area contributed by atoms with Crippen molar-refractivity contribution in [3.63, 3.8) is 0 Å². The van der Waals surface area contributed by atoms with Gasteiger partial charge in [0.15, 0.2) is 5.78 Å². The highest BCUT2D eigenvalue weighted by molar-refractivity contribution is 5.99. The molecular formula is C23H24F2N2O3. The summed E-state index contributed by atoms with van der Waals surface area (Å²) in [5.41, 5.74) is 2.58. The highest BCUT2D eigenvalue weighted by Gasteiger charge is 2.56. The number of amides is 1. The molecule has 30 heavy (non-hydrogen) atoms. The number of aromatic nitrogens is 1. The molecule has 2 aromatic rings. The summed E-state index contributed by atoms with van der Waals surface area (Å²) in [6.45, 7) is 3.63. The molecule has 1 aliphatic heterocycles. The number of alkyl halides is 2. The fourth-order valence-electron chi connectivity index (χ4n) is 4.37. The van der Waals surface area contributed by atoms with E-state index in [2.05, 4.69) is 4.98 Å². The maximum Gasteiger partial charge on any atom is 0.411 e. The molecule has 2 heterocycles. The van der Waals surface area contributed by atoms with E-state index in [1.165, 1.54) is 4.90 Å². The summed E-state index contributed by atoms with van der Waals surface area (Å²) in [7, 11) is 0. The summed E-state index contributed by atoms with van der Waals surface area (Å²) in [5, 5.41) is 0. The minimum absolute atomic E-state index is 0.108. The number of Topliss-reactive ketones (excluding diaryl/α,β-unsaturated/α-hetero) is 1. The fourth-order valence-corrected chi connectivity index (χ4v) is 4.37. The van der Waals surface area contributed by atoms with Gasteiger partial charge in [-0.05, 0) is 43.9 Å². The number of pyridine rings is 1. The number of ketones is 1. The number of rotatable bonds is 4. The zero-order valence-corrected chi connectivity index (χ0v) is 17.0. The van der Waals surface area contributed by atoms with Crippen LogP contribution in [0.15, 0.2) is 42.7 Å². The molecule has 1 aliphatic carbocycles. The molecule has 7 heteroatoms. The van der Waals surface area contributed by atoms with Gasteiger partial charge in [0.25, 0.3) is 0 Å². The van der Waals surface area contributed by atoms with E-state index in [4.69, 9.17) is 4.74 Å². The van der Waals surface area contributed by atoms with Crippen LogP contribution in [0.4, 0.5) is 13.6 Å². The minimum Gasteiger partial charge on any atom is -0.441 e. The Hall–Kier alpha value is -2.83. The van der Waals surface area contributed by atoms with Crippen LogP contribution >= 0.6 is 0 Å². The molecule has 1 atom stereocenters. The van der Waals surface area contributed by atoms with Gasteiger partial charge in [0, 0.05) is 36.4 Å². The SMILES string of the molecule is Cc1ccncc1-c1ccc(C(=O)CN2C(=O)OC3(CCC(F)(F)CC3)C2C)cc1. The van der Waals surface area contributed by atoms with E-state index in [9.17, 15) is 18.4 Å². The first kappa shape index (κ1) is 20.4. The van der Waals surface area contributed by atoms with Gasteiger partial charge in [-0.3, -0.25) is 14.7 Å². The smallest absolute Gasteiger partial charge is 0.411 e. The van der Waals surface area contributed by atoms with Crippen molar-refractivity contribution in [1.82, 2.24) is 9.88 Å². The molecule has 1 saturated carbocycles. The number of ether oxygens (including phenoxy) is 1. The van der Waals surface area contributed by atoms with Gasteiger partial charge in [-0.2, -0.15) is 0 Å². The number of halogens is 2. The van der Waals surface area contributed by atoms with E-state index in [-0.39, 0.29) is 38.0 Å². The van der Waals surface area contributed by atoms with Gasteiger partial charge in [-0.1, -0.05) is 24.3 Å². The van der Waals surface area contributed by atoms with Crippen LogP contribution in [0.1, 0.15) is 48.5 Å². The van der Waals surface area contributed by atoms with Gasteiger partial charge in [-0.15, -0.1) is 0 Å². The molecule has 1 amide bonds. The monoisotopic (exact) mass is 414 g/mol. The van der Waals surface area contributed by atoms with Crippen LogP contribution in [0, 0.1) is 6.92 Å². The Labute approximate surface area is 174 Å². The molecule has 0 bridgehead atoms. The topological polar surface area (TPSA) is 59.5 Å². The first-order chi connectivity index (χ1) is 14.2. The molecule has 1 spiro atoms. The predicted molar refractivity (Wildman–Crippen MR) is 108 cm³/mol. The molecule has 1 aromatic carbocycles. The summed E-state index contributed by atoms with van der Waals surface area (Å²) in [6, 6.07) is 8.66. The molecule has 4 rings (SSSR count). The third-order valence-corrected chi connectivity index (χ3v) is 6.45. The fraction of sp³-hybridized carbons (Fsp3) is 0.435. The summed E-state index contributed by atoms with van der Waals surface area (Å²) in [5.74, 6) is -2.93. The zero-order chi connectivity index (χ0) is 21.5. The Bertz CT molecular complexity index is 965. The average molecular weight is 414 g/mol. The van der Waals surface area contributed by atoms with Crippen LogP contribution in [0.2, 0.25) is 0 Å². The molecule has 1 unspecified atom stereocenters. The van der Waals surface area contributed by atoms with Gasteiger partial charge in [0.2, 0.25) is 5.92 Å². The second kappa shape index (κ2) is 7.45. The summed E-state index contributed by atoms with van der Waals surface area (Å²) < 4.78 is 32.7. The van der Waals surface area contributed by atoms with E-state index in [0.29, 0.717) is 5.56 Å². The van der Waals surface area contributed by atoms with Crippen molar-refractivity contribution in [2.24, 2.45) is 0 Å². The second-order valence-corrected chi connectivity index (χ2v) is 8.28. The van der Waals surface area contributed by atoms with Gasteiger partial charge < -0.3 is 4.74 Å². The van der Waals surface area contributed by atoms with Crippen LogP contribution in [-0.2, 0) is 4.74 Å². The van der Waals surface area contributed by atoms with E-state index in [1.807, 2.05) is 25.1 Å². The molecule has 2 aliphatic rings. The van der Waals surface area contributed by atoms with Crippen LogP contribution < -0.4 is 0 Å². The van der Waals surface area contributed by atoms with Crippen LogP contribution in [0.3, 0.4) is 0 Å². The molecule has 1 saturated heterocycles. The van der Waals surface area contributed by atoms with E-state index < -0.39 is 23.7 Å². The summed E-state index contributed by atoms with van der Waals surface area (Å²) >= 11 is 0. The normalized spacial score (nSPS) is 22.2. The summed E-state index contributed by atoms with van der Waals surface area (Å²) in [6.07, 6.45) is 2.51. The average Bonchev–Trinajstić information content (AvgIpc) is 2.95.